The van der Waals surface area contributed by atoms with Gasteiger partial charge in [-0.05, 0) is 6.42 Å². The van der Waals surface area contributed by atoms with Gasteiger partial charge in [0.1, 0.15) is 0 Å². The third kappa shape index (κ3) is 2.60. The molecule has 1 unspecified atom stereocenters. The molecule has 20 heavy (non-hydrogen) atoms. The van der Waals surface area contributed by atoms with Crippen LogP contribution in [0.1, 0.15) is 19.2 Å². The van der Waals surface area contributed by atoms with Crippen molar-refractivity contribution in [3.63, 3.8) is 0 Å². The molecule has 0 aliphatic carbocycles. The smallest absolute Gasteiger partial charge is 0.326 e. The lowest BCUT2D eigenvalue weighted by Gasteiger charge is -2.15. The van der Waals surface area contributed by atoms with Crippen LogP contribution in [-0.2, 0) is 12.7 Å². The van der Waals surface area contributed by atoms with Gasteiger partial charge in [0.25, 0.3) is 0 Å². The van der Waals surface area contributed by atoms with Gasteiger partial charge in [0.15, 0.2) is 11.6 Å². The summed E-state index contributed by atoms with van der Waals surface area (Å²) in [7, 11) is 0. The molecule has 2 aromatic rings. The third-order valence-electron chi connectivity index (χ3n) is 2.99. The second-order valence-corrected chi connectivity index (χ2v) is 4.47. The lowest BCUT2D eigenvalue weighted by Crippen LogP contribution is -2.28. The van der Waals surface area contributed by atoms with E-state index in [0.29, 0.717) is 18.6 Å². The highest BCUT2D eigenvalue weighted by molar-refractivity contribution is 5.76. The molecule has 0 bridgehead atoms. The minimum atomic E-state index is -4.72. The van der Waals surface area contributed by atoms with E-state index >= 15 is 0 Å². The minimum Gasteiger partial charge on any atom is -0.326 e. The van der Waals surface area contributed by atoms with Gasteiger partial charge in [-0.25, -0.2) is 13.8 Å². The van der Waals surface area contributed by atoms with E-state index in [9.17, 15) is 22.0 Å². The molecule has 2 N–H and O–H groups in total. The van der Waals surface area contributed by atoms with Gasteiger partial charge in [-0.1, -0.05) is 6.92 Å². The van der Waals surface area contributed by atoms with Crippen molar-refractivity contribution in [2.24, 2.45) is 5.73 Å². The summed E-state index contributed by atoms with van der Waals surface area (Å²) in [6, 6.07) is 0.810. The van der Waals surface area contributed by atoms with Crippen LogP contribution in [0.4, 0.5) is 22.0 Å². The van der Waals surface area contributed by atoms with Gasteiger partial charge in [0, 0.05) is 24.7 Å². The molecule has 8 heteroatoms. The zero-order valence-corrected chi connectivity index (χ0v) is 10.5. The van der Waals surface area contributed by atoms with E-state index in [0.717, 1.165) is 4.57 Å². The average Bonchev–Trinajstić information content (AvgIpc) is 2.68. The van der Waals surface area contributed by atoms with Gasteiger partial charge >= 0.3 is 6.18 Å². The number of halogens is 5. The maximum atomic E-state index is 13.2. The first-order valence-corrected chi connectivity index (χ1v) is 5.92. The van der Waals surface area contributed by atoms with Crippen LogP contribution in [0.25, 0.3) is 11.0 Å². The summed E-state index contributed by atoms with van der Waals surface area (Å²) < 4.78 is 65.9. The van der Waals surface area contributed by atoms with Crippen LogP contribution < -0.4 is 5.73 Å². The lowest BCUT2D eigenvalue weighted by atomic mass is 10.2. The molecule has 0 fully saturated rings. The Morgan fingerprint density at radius 2 is 1.85 bits per heavy atom. The standard InChI is InChI=1S/C12H12F5N3/c1-2-6(18)5-20-10-4-8(14)7(13)3-9(10)19-11(20)12(15,16)17/h3-4,6H,2,5,18H2,1H3. The van der Waals surface area contributed by atoms with E-state index in [1.54, 1.807) is 6.92 Å². The number of nitrogens with zero attached hydrogens (tertiary/aromatic N) is 2. The molecule has 110 valence electrons. The molecule has 3 nitrogen and oxygen atoms in total. The van der Waals surface area contributed by atoms with Crippen molar-refractivity contribution in [2.75, 3.05) is 0 Å². The van der Waals surface area contributed by atoms with Crippen LogP contribution in [0.5, 0.6) is 0 Å². The summed E-state index contributed by atoms with van der Waals surface area (Å²) in [5.74, 6) is -3.67. The Labute approximate surface area is 111 Å². The number of rotatable bonds is 3. The molecular weight excluding hydrogens is 281 g/mol. The lowest BCUT2D eigenvalue weighted by molar-refractivity contribution is -0.147. The maximum absolute atomic E-state index is 13.2. The van der Waals surface area contributed by atoms with Crippen molar-refractivity contribution in [1.82, 2.24) is 9.55 Å². The molecular formula is C12H12F5N3. The van der Waals surface area contributed by atoms with Gasteiger partial charge < -0.3 is 10.3 Å². The van der Waals surface area contributed by atoms with Crippen molar-refractivity contribution in [3.8, 4) is 0 Å². The Balaban J connectivity index is 2.68. The molecule has 0 spiro atoms. The number of nitrogens with two attached hydrogens (primary N) is 1. The normalized spacial score (nSPS) is 13.9. The average molecular weight is 293 g/mol. The number of aromatic nitrogens is 2. The van der Waals surface area contributed by atoms with Crippen molar-refractivity contribution >= 4 is 11.0 Å². The Bertz CT molecular complexity index is 632. The highest BCUT2D eigenvalue weighted by Gasteiger charge is 2.38. The molecule has 0 aliphatic heterocycles. The second-order valence-electron chi connectivity index (χ2n) is 4.47. The zero-order valence-electron chi connectivity index (χ0n) is 10.5. The molecule has 2 rings (SSSR count). The van der Waals surface area contributed by atoms with Crippen molar-refractivity contribution in [3.05, 3.63) is 29.6 Å². The van der Waals surface area contributed by atoms with Gasteiger partial charge in [-0.15, -0.1) is 0 Å². The third-order valence-corrected chi connectivity index (χ3v) is 2.99. The van der Waals surface area contributed by atoms with Gasteiger partial charge in [-0.2, -0.15) is 13.2 Å². The molecule has 0 radical (unpaired) electrons. The first kappa shape index (κ1) is 14.7. The van der Waals surface area contributed by atoms with Crippen molar-refractivity contribution < 1.29 is 22.0 Å². The molecule has 1 aromatic heterocycles. The molecule has 0 saturated carbocycles. The predicted molar refractivity (Wildman–Crippen MR) is 62.9 cm³/mol. The van der Waals surface area contributed by atoms with Crippen LogP contribution in [0.2, 0.25) is 0 Å². The minimum absolute atomic E-state index is 0.125. The number of hydrogen-bond acceptors (Lipinski definition) is 2. The van der Waals surface area contributed by atoms with E-state index in [1.165, 1.54) is 0 Å². The van der Waals surface area contributed by atoms with E-state index in [-0.39, 0.29) is 17.6 Å². The highest BCUT2D eigenvalue weighted by atomic mass is 19.4. The Morgan fingerprint density at radius 3 is 2.40 bits per heavy atom. The fourth-order valence-corrected chi connectivity index (χ4v) is 1.88. The first-order valence-electron chi connectivity index (χ1n) is 5.92. The fourth-order valence-electron chi connectivity index (χ4n) is 1.88. The zero-order chi connectivity index (χ0) is 15.1. The largest absolute Gasteiger partial charge is 0.449 e. The van der Waals surface area contributed by atoms with Gasteiger partial charge in [-0.3, -0.25) is 0 Å². The summed E-state index contributed by atoms with van der Waals surface area (Å²) in [6.07, 6.45) is -4.28. The van der Waals surface area contributed by atoms with Crippen LogP contribution in [0, 0.1) is 11.6 Å². The summed E-state index contributed by atoms with van der Waals surface area (Å²) in [4.78, 5) is 3.35. The van der Waals surface area contributed by atoms with Crippen LogP contribution >= 0.6 is 0 Å². The van der Waals surface area contributed by atoms with Crippen LogP contribution in [0.3, 0.4) is 0 Å². The van der Waals surface area contributed by atoms with E-state index in [1.807, 2.05) is 0 Å². The maximum Gasteiger partial charge on any atom is 0.449 e. The second kappa shape index (κ2) is 5.01. The molecule has 1 aromatic carbocycles. The molecule has 0 amide bonds. The number of imidazole rings is 1. The summed E-state index contributed by atoms with van der Waals surface area (Å²) in [6.45, 7) is 1.55. The topological polar surface area (TPSA) is 43.8 Å². The number of fused-ring (bicyclic) bond motifs is 1. The van der Waals surface area contributed by atoms with E-state index in [2.05, 4.69) is 4.98 Å². The first-order chi connectivity index (χ1) is 9.24. The van der Waals surface area contributed by atoms with Crippen molar-refractivity contribution in [2.45, 2.75) is 32.1 Å². The molecule has 1 heterocycles. The predicted octanol–water partition coefficient (Wildman–Crippen LogP) is 3.07. The molecule has 0 aliphatic rings. The quantitative estimate of drug-likeness (QED) is 0.884. The molecule has 0 saturated heterocycles. The fraction of sp³-hybridized carbons (Fsp3) is 0.417. The number of benzene rings is 1. The Hall–Kier alpha value is -1.70. The van der Waals surface area contributed by atoms with E-state index in [4.69, 9.17) is 5.73 Å². The van der Waals surface area contributed by atoms with Gasteiger partial charge in [0.05, 0.1) is 11.0 Å². The number of alkyl halides is 3. The van der Waals surface area contributed by atoms with Crippen molar-refractivity contribution in [1.29, 1.82) is 0 Å². The van der Waals surface area contributed by atoms with E-state index < -0.39 is 29.7 Å². The van der Waals surface area contributed by atoms with Crippen LogP contribution in [-0.4, -0.2) is 15.6 Å². The summed E-state index contributed by atoms with van der Waals surface area (Å²) >= 11 is 0. The SMILES string of the molecule is CCC(N)Cn1c(C(F)(F)F)nc2cc(F)c(F)cc21. The summed E-state index contributed by atoms with van der Waals surface area (Å²) in [5.41, 5.74) is 5.28. The molecule has 1 atom stereocenters. The van der Waals surface area contributed by atoms with Crippen LogP contribution in [0.15, 0.2) is 12.1 Å². The monoisotopic (exact) mass is 293 g/mol. The number of hydrogen-bond donors (Lipinski definition) is 1. The Morgan fingerprint density at radius 1 is 1.25 bits per heavy atom. The summed E-state index contributed by atoms with van der Waals surface area (Å²) in [5, 5.41) is 0. The highest BCUT2D eigenvalue weighted by Crippen LogP contribution is 2.32. The van der Waals surface area contributed by atoms with Gasteiger partial charge in [0.2, 0.25) is 5.82 Å². The Kier molecular flexibility index (Phi) is 3.68.